The van der Waals surface area contributed by atoms with Crippen molar-refractivity contribution in [3.05, 3.63) is 188 Å². The lowest BCUT2D eigenvalue weighted by molar-refractivity contribution is 0.669. The Morgan fingerprint density at radius 1 is 0.490 bits per heavy atom. The minimum atomic E-state index is 0.210. The van der Waals surface area contributed by atoms with Crippen LogP contribution >= 0.6 is 0 Å². The summed E-state index contributed by atoms with van der Waals surface area (Å²) >= 11 is 0. The van der Waals surface area contributed by atoms with Gasteiger partial charge in [-0.3, -0.25) is 0 Å². The molecule has 0 aliphatic heterocycles. The lowest BCUT2D eigenvalue weighted by Crippen LogP contribution is -2.22. The van der Waals surface area contributed by atoms with E-state index in [1.807, 2.05) is 12.1 Å². The fraction of sp³-hybridized carbons (Fsp3) is 0.0417. The third-order valence-corrected chi connectivity index (χ3v) is 10.3. The average Bonchev–Trinajstić information content (AvgIpc) is 3.74. The van der Waals surface area contributed by atoms with Crippen LogP contribution in [-0.2, 0) is 0 Å². The lowest BCUT2D eigenvalue weighted by atomic mass is 9.90. The van der Waals surface area contributed by atoms with Gasteiger partial charge in [0.1, 0.15) is 11.2 Å². The Morgan fingerprint density at radius 3 is 2.08 bits per heavy atom. The van der Waals surface area contributed by atoms with Crippen LogP contribution in [0.3, 0.4) is 0 Å². The Labute approximate surface area is 296 Å². The molecule has 1 atom stereocenters. The molecule has 1 aliphatic rings. The molecule has 7 aromatic carbocycles. The van der Waals surface area contributed by atoms with E-state index in [9.17, 15) is 0 Å². The van der Waals surface area contributed by atoms with Crippen LogP contribution < -0.4 is 5.32 Å². The van der Waals surface area contributed by atoms with E-state index in [1.165, 1.54) is 55.2 Å². The maximum atomic E-state index is 6.09. The summed E-state index contributed by atoms with van der Waals surface area (Å²) in [7, 11) is 0. The molecule has 0 saturated carbocycles. The van der Waals surface area contributed by atoms with E-state index in [2.05, 4.69) is 180 Å². The molecule has 10 rings (SSSR count). The van der Waals surface area contributed by atoms with Crippen LogP contribution in [0.15, 0.2) is 186 Å². The van der Waals surface area contributed by atoms with Gasteiger partial charge in [-0.15, -0.1) is 0 Å². The van der Waals surface area contributed by atoms with Gasteiger partial charge in [0.2, 0.25) is 0 Å². The van der Waals surface area contributed by atoms with Gasteiger partial charge in [0.15, 0.2) is 0 Å². The molecule has 1 unspecified atom stereocenters. The van der Waals surface area contributed by atoms with Gasteiger partial charge in [-0.05, 0) is 100 Å². The molecule has 3 nitrogen and oxygen atoms in total. The van der Waals surface area contributed by atoms with Gasteiger partial charge in [-0.2, -0.15) is 0 Å². The standard InChI is InChI=1S/C48H34N2O/c1-2-13-37(14-3-1)49-44-18-7-4-15-39(44)36-12-10-11-33(29-36)35-23-27-41-40-16-5-8-19-45(40)50(46(41)31-35)38-25-21-32(22-26-38)34-24-28-48-43(30-34)42-17-6-9-20-47(42)51-48/h1-17,19-31,44,49H,18H2. The molecule has 0 amide bonds. The molecule has 0 bridgehead atoms. The number of benzene rings is 7. The normalized spacial score (nSPS) is 14.4. The number of aromatic nitrogens is 1. The van der Waals surface area contributed by atoms with Crippen LogP contribution in [-0.4, -0.2) is 10.6 Å². The first kappa shape index (κ1) is 29.3. The predicted molar refractivity (Wildman–Crippen MR) is 215 cm³/mol. The van der Waals surface area contributed by atoms with E-state index >= 15 is 0 Å². The second-order valence-corrected chi connectivity index (χ2v) is 13.4. The highest BCUT2D eigenvalue weighted by Gasteiger charge is 2.19. The van der Waals surface area contributed by atoms with Crippen molar-refractivity contribution in [2.75, 3.05) is 5.32 Å². The Balaban J connectivity index is 1.03. The zero-order chi connectivity index (χ0) is 33.7. The van der Waals surface area contributed by atoms with Crippen molar-refractivity contribution in [1.82, 2.24) is 4.57 Å². The summed E-state index contributed by atoms with van der Waals surface area (Å²) in [6.07, 6.45) is 7.62. The molecule has 9 aromatic rings. The number of hydrogen-bond acceptors (Lipinski definition) is 2. The minimum Gasteiger partial charge on any atom is -0.456 e. The van der Waals surface area contributed by atoms with Crippen molar-refractivity contribution in [1.29, 1.82) is 0 Å². The van der Waals surface area contributed by atoms with E-state index in [0.29, 0.717) is 0 Å². The monoisotopic (exact) mass is 654 g/mol. The van der Waals surface area contributed by atoms with Crippen molar-refractivity contribution in [2.45, 2.75) is 12.5 Å². The van der Waals surface area contributed by atoms with Crippen molar-refractivity contribution < 1.29 is 4.42 Å². The fourth-order valence-electron chi connectivity index (χ4n) is 7.81. The summed E-state index contributed by atoms with van der Waals surface area (Å²) in [6.45, 7) is 0. The van der Waals surface area contributed by atoms with Crippen LogP contribution in [0.25, 0.3) is 77.3 Å². The predicted octanol–water partition coefficient (Wildman–Crippen LogP) is 12.8. The molecule has 2 aromatic heterocycles. The highest BCUT2D eigenvalue weighted by molar-refractivity contribution is 6.10. The van der Waals surface area contributed by atoms with E-state index in [1.54, 1.807) is 0 Å². The van der Waals surface area contributed by atoms with Crippen LogP contribution in [0.4, 0.5) is 5.69 Å². The Bertz CT molecular complexity index is 2800. The molecule has 1 aliphatic carbocycles. The molecule has 0 saturated heterocycles. The third kappa shape index (κ3) is 5.14. The Kier molecular flexibility index (Phi) is 6.95. The largest absolute Gasteiger partial charge is 0.456 e. The Hall–Kier alpha value is -6.58. The first-order valence-corrected chi connectivity index (χ1v) is 17.6. The third-order valence-electron chi connectivity index (χ3n) is 10.3. The molecule has 242 valence electrons. The van der Waals surface area contributed by atoms with Crippen LogP contribution in [0, 0.1) is 0 Å². The van der Waals surface area contributed by atoms with E-state index in [4.69, 9.17) is 4.42 Å². The maximum absolute atomic E-state index is 6.09. The van der Waals surface area contributed by atoms with Gasteiger partial charge < -0.3 is 14.3 Å². The van der Waals surface area contributed by atoms with Crippen molar-refractivity contribution in [3.8, 4) is 27.9 Å². The molecule has 3 heteroatoms. The molecule has 0 spiro atoms. The van der Waals surface area contributed by atoms with Gasteiger partial charge in [-0.25, -0.2) is 0 Å². The number of furan rings is 1. The number of anilines is 1. The van der Waals surface area contributed by atoms with Crippen LogP contribution in [0.5, 0.6) is 0 Å². The zero-order valence-electron chi connectivity index (χ0n) is 28.0. The summed E-state index contributed by atoms with van der Waals surface area (Å²) in [5.41, 5.74) is 13.8. The van der Waals surface area contributed by atoms with Crippen molar-refractivity contribution >= 4 is 55.0 Å². The Morgan fingerprint density at radius 2 is 1.18 bits per heavy atom. The van der Waals surface area contributed by atoms with Gasteiger partial charge in [-0.1, -0.05) is 121 Å². The van der Waals surface area contributed by atoms with Gasteiger partial charge in [0.25, 0.3) is 0 Å². The molecule has 1 N–H and O–H groups in total. The number of rotatable bonds is 6. The van der Waals surface area contributed by atoms with Gasteiger partial charge >= 0.3 is 0 Å². The highest BCUT2D eigenvalue weighted by atomic mass is 16.3. The zero-order valence-corrected chi connectivity index (χ0v) is 28.0. The van der Waals surface area contributed by atoms with E-state index < -0.39 is 0 Å². The second-order valence-electron chi connectivity index (χ2n) is 13.4. The highest BCUT2D eigenvalue weighted by Crippen LogP contribution is 2.37. The number of hydrogen-bond donors (Lipinski definition) is 1. The first-order valence-electron chi connectivity index (χ1n) is 17.6. The van der Waals surface area contributed by atoms with Gasteiger partial charge in [0.05, 0.1) is 17.1 Å². The molecule has 2 heterocycles. The number of nitrogens with zero attached hydrogens (tertiary/aromatic N) is 1. The number of para-hydroxylation sites is 3. The first-order chi connectivity index (χ1) is 25.3. The molecular weight excluding hydrogens is 621 g/mol. The quantitative estimate of drug-likeness (QED) is 0.193. The number of allylic oxidation sites excluding steroid dienone is 2. The maximum Gasteiger partial charge on any atom is 0.135 e. The SMILES string of the molecule is C1=CCC(Nc2ccccc2)C(c2cccc(-c3ccc4c5ccccc5n(-c5ccc(-c6ccc7oc8ccccc8c7c6)cc5)c4c3)c2)=C1. The summed E-state index contributed by atoms with van der Waals surface area (Å²) in [5.74, 6) is 0. The summed E-state index contributed by atoms with van der Waals surface area (Å²) in [6, 6.07) is 59.0. The van der Waals surface area contributed by atoms with E-state index in [0.717, 1.165) is 39.7 Å². The van der Waals surface area contributed by atoms with Crippen molar-refractivity contribution in [3.63, 3.8) is 0 Å². The molecular formula is C48H34N2O. The topological polar surface area (TPSA) is 30.1 Å². The number of fused-ring (bicyclic) bond motifs is 6. The molecule has 51 heavy (non-hydrogen) atoms. The number of nitrogens with one attached hydrogen (secondary N) is 1. The average molecular weight is 655 g/mol. The summed E-state index contributed by atoms with van der Waals surface area (Å²) < 4.78 is 8.49. The summed E-state index contributed by atoms with van der Waals surface area (Å²) in [4.78, 5) is 0. The van der Waals surface area contributed by atoms with Gasteiger partial charge in [0, 0.05) is 32.9 Å². The van der Waals surface area contributed by atoms with Crippen molar-refractivity contribution in [2.24, 2.45) is 0 Å². The van der Waals surface area contributed by atoms with Crippen LogP contribution in [0.1, 0.15) is 12.0 Å². The minimum absolute atomic E-state index is 0.210. The smallest absolute Gasteiger partial charge is 0.135 e. The van der Waals surface area contributed by atoms with Crippen LogP contribution in [0.2, 0.25) is 0 Å². The molecule has 0 radical (unpaired) electrons. The fourth-order valence-corrected chi connectivity index (χ4v) is 7.81. The molecule has 0 fully saturated rings. The summed E-state index contributed by atoms with van der Waals surface area (Å²) in [5, 5.41) is 8.55. The van der Waals surface area contributed by atoms with E-state index in [-0.39, 0.29) is 6.04 Å². The lowest BCUT2D eigenvalue weighted by Gasteiger charge is -2.24. The second kappa shape index (κ2) is 12.1.